The molecular weight excluding hydrogens is 386 g/mol. The molecule has 0 radical (unpaired) electrons. The maximum atomic E-state index is 12.9. The number of hydrogen-bond acceptors (Lipinski definition) is 3. The summed E-state index contributed by atoms with van der Waals surface area (Å²) in [5.74, 6) is 6.64. The van der Waals surface area contributed by atoms with Crippen LogP contribution in [0.3, 0.4) is 0 Å². The lowest BCUT2D eigenvalue weighted by atomic mass is 9.99. The third-order valence-corrected chi connectivity index (χ3v) is 6.89. The van der Waals surface area contributed by atoms with E-state index in [4.69, 9.17) is 0 Å². The summed E-state index contributed by atoms with van der Waals surface area (Å²) in [7, 11) is -3.34. The third-order valence-electron chi connectivity index (χ3n) is 6.16. The third kappa shape index (κ3) is 4.93. The molecule has 0 aromatic heterocycles. The van der Waals surface area contributed by atoms with Gasteiger partial charge in [-0.3, -0.25) is 0 Å². The Balaban J connectivity index is 1.54. The molecule has 6 nitrogen and oxygen atoms in total. The van der Waals surface area contributed by atoms with Crippen molar-refractivity contribution < 1.29 is 13.2 Å². The Hall–Kier alpha value is -2.04. The number of benzene rings is 1. The van der Waals surface area contributed by atoms with E-state index >= 15 is 0 Å². The molecule has 2 saturated heterocycles. The molecule has 1 aliphatic carbocycles. The fourth-order valence-corrected chi connectivity index (χ4v) is 4.82. The van der Waals surface area contributed by atoms with E-state index < -0.39 is 10.0 Å². The predicted octanol–water partition coefficient (Wildman–Crippen LogP) is 2.20. The smallest absolute Gasteiger partial charge is 0.320 e. The fraction of sp³-hybridized carbons (Fsp3) is 0.591. The highest BCUT2D eigenvalue weighted by molar-refractivity contribution is 7.88. The van der Waals surface area contributed by atoms with E-state index in [1.165, 1.54) is 6.26 Å². The van der Waals surface area contributed by atoms with Crippen molar-refractivity contribution in [1.29, 1.82) is 0 Å². The van der Waals surface area contributed by atoms with Crippen LogP contribution in [0.25, 0.3) is 0 Å². The van der Waals surface area contributed by atoms with Crippen LogP contribution in [-0.4, -0.2) is 62.2 Å². The van der Waals surface area contributed by atoms with Crippen molar-refractivity contribution in [3.8, 4) is 11.8 Å². The van der Waals surface area contributed by atoms with Crippen LogP contribution in [0.4, 0.5) is 4.79 Å². The molecule has 2 atom stereocenters. The molecular formula is C22H29N3O3S. The summed E-state index contributed by atoms with van der Waals surface area (Å²) in [5, 5.41) is 0. The van der Waals surface area contributed by atoms with Gasteiger partial charge in [0.25, 0.3) is 0 Å². The van der Waals surface area contributed by atoms with Crippen molar-refractivity contribution in [2.75, 3.05) is 25.9 Å². The van der Waals surface area contributed by atoms with Gasteiger partial charge in [-0.2, -0.15) is 0 Å². The maximum Gasteiger partial charge on any atom is 0.320 e. The summed E-state index contributed by atoms with van der Waals surface area (Å²) in [6, 6.07) is 7.66. The monoisotopic (exact) mass is 415 g/mol. The van der Waals surface area contributed by atoms with Gasteiger partial charge in [-0.05, 0) is 56.7 Å². The SMILES string of the molecule is CC1(C#Cc2cccc(CC3C(NS(C)(=O)=O)CCN3C(=O)N3CCC3)c2)CC1. The van der Waals surface area contributed by atoms with E-state index in [2.05, 4.69) is 29.6 Å². The Morgan fingerprint density at radius 3 is 2.66 bits per heavy atom. The highest BCUT2D eigenvalue weighted by atomic mass is 32.2. The van der Waals surface area contributed by atoms with Gasteiger partial charge in [0.15, 0.2) is 0 Å². The number of nitrogens with one attached hydrogen (secondary N) is 1. The number of urea groups is 1. The second-order valence-electron chi connectivity index (χ2n) is 8.88. The van der Waals surface area contributed by atoms with E-state index in [1.54, 1.807) is 0 Å². The molecule has 7 heteroatoms. The van der Waals surface area contributed by atoms with Crippen molar-refractivity contribution >= 4 is 16.1 Å². The van der Waals surface area contributed by atoms with Crippen molar-refractivity contribution in [2.24, 2.45) is 5.41 Å². The first kappa shape index (κ1) is 20.2. The Morgan fingerprint density at radius 1 is 1.28 bits per heavy atom. The minimum Gasteiger partial charge on any atom is -0.325 e. The Labute approximate surface area is 173 Å². The predicted molar refractivity (Wildman–Crippen MR) is 113 cm³/mol. The highest BCUT2D eigenvalue weighted by Gasteiger charge is 2.40. The average Bonchev–Trinajstić information content (AvgIpc) is 3.22. The maximum absolute atomic E-state index is 12.9. The molecule has 3 aliphatic rings. The molecule has 1 aromatic carbocycles. The normalized spacial score (nSPS) is 25.2. The number of carbonyl (C=O) groups is 1. The molecule has 1 saturated carbocycles. The van der Waals surface area contributed by atoms with Gasteiger partial charge in [-0.1, -0.05) is 24.0 Å². The summed E-state index contributed by atoms with van der Waals surface area (Å²) in [5.41, 5.74) is 2.22. The van der Waals surface area contributed by atoms with E-state index in [0.29, 0.717) is 19.4 Å². The van der Waals surface area contributed by atoms with Crippen LogP contribution < -0.4 is 4.72 Å². The van der Waals surface area contributed by atoms with Gasteiger partial charge in [0.1, 0.15) is 0 Å². The molecule has 0 spiro atoms. The first-order valence-corrected chi connectivity index (χ1v) is 12.3. The molecule has 2 unspecified atom stereocenters. The Kier molecular flexibility index (Phi) is 5.34. The van der Waals surface area contributed by atoms with E-state index in [1.807, 2.05) is 28.0 Å². The Morgan fingerprint density at radius 2 is 2.03 bits per heavy atom. The van der Waals surface area contributed by atoms with Crippen LogP contribution in [0.5, 0.6) is 0 Å². The van der Waals surface area contributed by atoms with Crippen LogP contribution in [0, 0.1) is 17.3 Å². The number of amides is 2. The summed E-state index contributed by atoms with van der Waals surface area (Å²) < 4.78 is 26.5. The molecule has 3 fully saturated rings. The van der Waals surface area contributed by atoms with E-state index in [0.717, 1.165) is 43.5 Å². The van der Waals surface area contributed by atoms with Gasteiger partial charge in [0.2, 0.25) is 10.0 Å². The molecule has 1 N–H and O–H groups in total. The summed E-state index contributed by atoms with van der Waals surface area (Å²) in [4.78, 5) is 16.6. The van der Waals surface area contributed by atoms with Crippen LogP contribution in [0.15, 0.2) is 24.3 Å². The van der Waals surface area contributed by atoms with E-state index in [9.17, 15) is 13.2 Å². The van der Waals surface area contributed by atoms with Gasteiger partial charge >= 0.3 is 6.03 Å². The van der Waals surface area contributed by atoms with Crippen LogP contribution >= 0.6 is 0 Å². The summed E-state index contributed by atoms with van der Waals surface area (Å²) in [6.45, 7) is 4.33. The molecule has 29 heavy (non-hydrogen) atoms. The molecule has 156 valence electrons. The van der Waals surface area contributed by atoms with Crippen molar-refractivity contribution in [2.45, 2.75) is 51.1 Å². The van der Waals surface area contributed by atoms with E-state index in [-0.39, 0.29) is 23.5 Å². The zero-order valence-electron chi connectivity index (χ0n) is 17.1. The Bertz CT molecular complexity index is 955. The largest absolute Gasteiger partial charge is 0.325 e. The first-order valence-electron chi connectivity index (χ1n) is 10.4. The van der Waals surface area contributed by atoms with Gasteiger partial charge in [0, 0.05) is 36.7 Å². The van der Waals surface area contributed by atoms with Crippen LogP contribution in [-0.2, 0) is 16.4 Å². The first-order chi connectivity index (χ1) is 13.7. The number of nitrogens with zero attached hydrogens (tertiary/aromatic N) is 2. The highest BCUT2D eigenvalue weighted by Crippen LogP contribution is 2.44. The molecule has 2 heterocycles. The number of carbonyl (C=O) groups excluding carboxylic acids is 1. The topological polar surface area (TPSA) is 69.7 Å². The standard InChI is InChI=1S/C22H29N3O3S/c1-22(10-11-22)9-7-17-5-3-6-18(15-17)16-20-19(23-29(2,27)28)8-14-25(20)21(26)24-12-4-13-24/h3,5-6,15,19-20,23H,4,8,10-14,16H2,1-2H3. The van der Waals surface area contributed by atoms with Gasteiger partial charge < -0.3 is 9.80 Å². The van der Waals surface area contributed by atoms with Gasteiger partial charge in [0.05, 0.1) is 12.3 Å². The summed E-state index contributed by atoms with van der Waals surface area (Å²) in [6.07, 6.45) is 5.78. The zero-order valence-corrected chi connectivity index (χ0v) is 18.0. The quantitative estimate of drug-likeness (QED) is 0.767. The lowest BCUT2D eigenvalue weighted by molar-refractivity contribution is 0.120. The molecule has 0 bridgehead atoms. The van der Waals surface area contributed by atoms with Crippen molar-refractivity contribution in [3.05, 3.63) is 35.4 Å². The molecule has 2 aliphatic heterocycles. The second-order valence-corrected chi connectivity index (χ2v) is 10.7. The summed E-state index contributed by atoms with van der Waals surface area (Å²) >= 11 is 0. The minimum absolute atomic E-state index is 0.0247. The van der Waals surface area contributed by atoms with Crippen molar-refractivity contribution in [1.82, 2.24) is 14.5 Å². The number of rotatable bonds is 4. The van der Waals surface area contributed by atoms with Crippen LogP contribution in [0.1, 0.15) is 43.7 Å². The number of hydrogen-bond donors (Lipinski definition) is 1. The minimum atomic E-state index is -3.34. The van der Waals surface area contributed by atoms with Crippen LogP contribution in [0.2, 0.25) is 0 Å². The van der Waals surface area contributed by atoms with Gasteiger partial charge in [-0.15, -0.1) is 0 Å². The molecule has 2 amide bonds. The molecule has 1 aromatic rings. The average molecular weight is 416 g/mol. The molecule has 4 rings (SSSR count). The lowest BCUT2D eigenvalue weighted by Crippen LogP contribution is -2.54. The number of likely N-dealkylation sites (tertiary alicyclic amines) is 2. The lowest BCUT2D eigenvalue weighted by Gasteiger charge is -2.37. The zero-order chi connectivity index (χ0) is 20.6. The van der Waals surface area contributed by atoms with Crippen molar-refractivity contribution in [3.63, 3.8) is 0 Å². The second kappa shape index (κ2) is 7.66. The number of sulfonamides is 1. The van der Waals surface area contributed by atoms with Gasteiger partial charge in [-0.25, -0.2) is 17.9 Å². The fourth-order valence-electron chi connectivity index (χ4n) is 4.00.